The van der Waals surface area contributed by atoms with Gasteiger partial charge in [-0.05, 0) is 41.6 Å². The molecule has 2 fully saturated rings. The maximum absolute atomic E-state index is 9.85. The Hall–Kier alpha value is -0.620. The third-order valence-electron chi connectivity index (χ3n) is 3.26. The number of carbonyl (C=O) groups excluding carboxylic acids is 1. The van der Waals surface area contributed by atoms with Gasteiger partial charge in [0.05, 0.1) is 15.0 Å². The largest absolute Gasteiger partial charge is 0.446 e. The monoisotopic (exact) mass is 346 g/mol. The third-order valence-corrected chi connectivity index (χ3v) is 4.90. The lowest BCUT2D eigenvalue weighted by molar-refractivity contribution is 0.149. The van der Waals surface area contributed by atoms with Gasteiger partial charge in [-0.1, -0.05) is 19.3 Å². The van der Waals surface area contributed by atoms with Crippen molar-refractivity contribution in [2.45, 2.75) is 57.0 Å². The molecule has 1 aromatic rings. The van der Waals surface area contributed by atoms with E-state index in [9.17, 15) is 4.79 Å². The molecule has 2 saturated carbocycles. The summed E-state index contributed by atoms with van der Waals surface area (Å²) in [5.74, 6) is 0.759. The average Bonchev–Trinajstić information content (AvgIpc) is 3.09. The fourth-order valence-corrected chi connectivity index (χ4v) is 3.57. The van der Waals surface area contributed by atoms with Gasteiger partial charge in [-0.2, -0.15) is 0 Å². The second-order valence-electron chi connectivity index (χ2n) is 4.97. The van der Waals surface area contributed by atoms with Gasteiger partial charge < -0.3 is 10.5 Å². The van der Waals surface area contributed by atoms with Gasteiger partial charge in [0.1, 0.15) is 6.10 Å². The number of carbonyl (C=O) groups is 1. The Bertz CT molecular complexity index is 415. The van der Waals surface area contributed by atoms with E-state index in [2.05, 4.69) is 31.4 Å². The molecular weight excluding hydrogens is 328 g/mol. The van der Waals surface area contributed by atoms with Crippen LogP contribution in [0.15, 0.2) is 9.98 Å². The molecule has 2 N–H and O–H groups in total. The van der Waals surface area contributed by atoms with Gasteiger partial charge in [-0.25, -0.2) is 9.78 Å². The molecule has 3 rings (SSSR count). The van der Waals surface area contributed by atoms with Crippen molar-refractivity contribution in [1.82, 2.24) is 4.98 Å². The van der Waals surface area contributed by atoms with E-state index in [-0.39, 0.29) is 6.10 Å². The summed E-state index contributed by atoms with van der Waals surface area (Å²) >= 11 is 5.25. The molecule has 19 heavy (non-hydrogen) atoms. The Kier molecular flexibility index (Phi) is 5.63. The zero-order valence-electron chi connectivity index (χ0n) is 10.8. The summed E-state index contributed by atoms with van der Waals surface area (Å²) < 4.78 is 5.67. The summed E-state index contributed by atoms with van der Waals surface area (Å²) in [5, 5.41) is 1.33. The number of ether oxygens (including phenoxy) is 1. The van der Waals surface area contributed by atoms with Crippen molar-refractivity contribution in [2.75, 3.05) is 0 Å². The molecule has 6 heteroatoms. The van der Waals surface area contributed by atoms with E-state index in [1.165, 1.54) is 40.9 Å². The first-order chi connectivity index (χ1) is 9.15. The van der Waals surface area contributed by atoms with Gasteiger partial charge in [0.25, 0.3) is 0 Å². The Morgan fingerprint density at radius 1 is 1.32 bits per heavy atom. The number of aromatic nitrogens is 1. The van der Waals surface area contributed by atoms with Crippen molar-refractivity contribution in [3.05, 3.63) is 15.0 Å². The van der Waals surface area contributed by atoms with E-state index in [0.29, 0.717) is 0 Å². The lowest BCUT2D eigenvalue weighted by atomic mass is 9.90. The van der Waals surface area contributed by atoms with Gasteiger partial charge in [0.2, 0.25) is 0 Å². The van der Waals surface area contributed by atoms with Gasteiger partial charge in [0, 0.05) is 5.92 Å². The lowest BCUT2D eigenvalue weighted by Gasteiger charge is -2.18. The Labute approximate surface area is 125 Å². The van der Waals surface area contributed by atoms with Crippen LogP contribution in [0, 0.1) is 0 Å². The molecular formula is C13H19BrN2O2S. The quantitative estimate of drug-likeness (QED) is 0.872. The molecule has 0 aromatic carbocycles. The van der Waals surface area contributed by atoms with Crippen LogP contribution in [0.2, 0.25) is 0 Å². The summed E-state index contributed by atoms with van der Waals surface area (Å²) in [7, 11) is 0. The summed E-state index contributed by atoms with van der Waals surface area (Å²) in [6, 6.07) is 0. The normalized spacial score (nSPS) is 19.4. The van der Waals surface area contributed by atoms with Crippen molar-refractivity contribution in [1.29, 1.82) is 0 Å². The van der Waals surface area contributed by atoms with Crippen LogP contribution in [-0.4, -0.2) is 17.2 Å². The van der Waals surface area contributed by atoms with Crippen LogP contribution in [0.1, 0.15) is 55.9 Å². The highest BCUT2D eigenvalue weighted by molar-refractivity contribution is 9.11. The Balaban J connectivity index is 0.000000163. The van der Waals surface area contributed by atoms with E-state index in [4.69, 9.17) is 0 Å². The highest BCUT2D eigenvalue weighted by Gasteiger charge is 2.24. The number of thiazole rings is 1. The van der Waals surface area contributed by atoms with Crippen LogP contribution in [-0.2, 0) is 4.74 Å². The minimum Gasteiger partial charge on any atom is -0.446 e. The van der Waals surface area contributed by atoms with Gasteiger partial charge in [-0.3, -0.25) is 0 Å². The molecule has 0 bridgehead atoms. The zero-order valence-corrected chi connectivity index (χ0v) is 13.2. The van der Waals surface area contributed by atoms with Crippen molar-refractivity contribution in [3.63, 3.8) is 0 Å². The molecule has 0 aliphatic heterocycles. The summed E-state index contributed by atoms with van der Waals surface area (Å²) in [5.41, 5.74) is 4.67. The number of primary amides is 1. The Morgan fingerprint density at radius 2 is 2.00 bits per heavy atom. The fraction of sp³-hybridized carbons (Fsp3) is 0.692. The molecule has 0 unspecified atom stereocenters. The van der Waals surface area contributed by atoms with Crippen LogP contribution in [0.5, 0.6) is 0 Å². The van der Waals surface area contributed by atoms with Gasteiger partial charge in [-0.15, -0.1) is 11.3 Å². The minimum atomic E-state index is -0.650. The molecule has 1 aromatic heterocycles. The number of halogens is 1. The number of hydrogen-bond donors (Lipinski definition) is 1. The second-order valence-corrected chi connectivity index (χ2v) is 7.42. The number of nitrogens with two attached hydrogens (primary N) is 1. The molecule has 0 atom stereocenters. The molecule has 1 amide bonds. The molecule has 0 saturated heterocycles. The highest BCUT2D eigenvalue weighted by atomic mass is 79.9. The molecule has 4 nitrogen and oxygen atoms in total. The first kappa shape index (κ1) is 14.8. The number of nitrogens with zero attached hydrogens (tertiary/aromatic N) is 1. The zero-order chi connectivity index (χ0) is 13.7. The first-order valence-corrected chi connectivity index (χ1v) is 8.33. The highest BCUT2D eigenvalue weighted by Crippen LogP contribution is 2.35. The van der Waals surface area contributed by atoms with E-state index >= 15 is 0 Å². The second kappa shape index (κ2) is 7.24. The molecule has 106 valence electrons. The molecule has 2 aliphatic rings. The number of hydrogen-bond acceptors (Lipinski definition) is 4. The van der Waals surface area contributed by atoms with Crippen LogP contribution in [0.4, 0.5) is 4.79 Å². The molecule has 0 spiro atoms. The van der Waals surface area contributed by atoms with Crippen LogP contribution in [0.3, 0.4) is 0 Å². The molecule has 0 radical (unpaired) electrons. The fourth-order valence-electron chi connectivity index (χ4n) is 2.16. The van der Waals surface area contributed by atoms with E-state index in [0.717, 1.165) is 18.8 Å². The predicted molar refractivity (Wildman–Crippen MR) is 79.3 cm³/mol. The smallest absolute Gasteiger partial charge is 0.404 e. The molecule has 2 aliphatic carbocycles. The lowest BCUT2D eigenvalue weighted by Crippen LogP contribution is -2.13. The molecule has 1 heterocycles. The SMILES string of the molecule is Brc1cnc(C2CCCCC2)s1.NC(=O)OC1CC1. The number of amides is 1. The topological polar surface area (TPSA) is 65.2 Å². The van der Waals surface area contributed by atoms with Crippen LogP contribution >= 0.6 is 27.3 Å². The van der Waals surface area contributed by atoms with Crippen LogP contribution in [0.25, 0.3) is 0 Å². The summed E-state index contributed by atoms with van der Waals surface area (Å²) in [6.45, 7) is 0. The summed E-state index contributed by atoms with van der Waals surface area (Å²) in [4.78, 5) is 14.3. The van der Waals surface area contributed by atoms with Crippen molar-refractivity contribution < 1.29 is 9.53 Å². The number of rotatable bonds is 2. The average molecular weight is 347 g/mol. The maximum atomic E-state index is 9.85. The van der Waals surface area contributed by atoms with Crippen LogP contribution < -0.4 is 5.73 Å². The van der Waals surface area contributed by atoms with Gasteiger partial charge in [0.15, 0.2) is 0 Å². The summed E-state index contributed by atoms with van der Waals surface area (Å²) in [6.07, 6.45) is 10.3. The standard InChI is InChI=1S/C9H12BrNS.C4H7NO2/c10-8-6-11-9(12-8)7-4-2-1-3-5-7;5-4(6)7-3-1-2-3/h6-7H,1-5H2;3H,1-2H2,(H2,5,6). The first-order valence-electron chi connectivity index (χ1n) is 6.72. The van der Waals surface area contributed by atoms with E-state index in [1.807, 2.05) is 6.20 Å². The van der Waals surface area contributed by atoms with E-state index in [1.54, 1.807) is 11.3 Å². The Morgan fingerprint density at radius 3 is 2.42 bits per heavy atom. The van der Waals surface area contributed by atoms with Gasteiger partial charge >= 0.3 is 6.09 Å². The predicted octanol–water partition coefficient (Wildman–Crippen LogP) is 4.20. The van der Waals surface area contributed by atoms with Crippen molar-refractivity contribution in [2.24, 2.45) is 5.73 Å². The van der Waals surface area contributed by atoms with Crippen molar-refractivity contribution in [3.8, 4) is 0 Å². The maximum Gasteiger partial charge on any atom is 0.404 e. The van der Waals surface area contributed by atoms with Crippen molar-refractivity contribution >= 4 is 33.4 Å². The minimum absolute atomic E-state index is 0.150. The third kappa shape index (κ3) is 5.48. The van der Waals surface area contributed by atoms with E-state index < -0.39 is 6.09 Å².